The molecule has 0 spiro atoms. The summed E-state index contributed by atoms with van der Waals surface area (Å²) in [6, 6.07) is 20.0. The zero-order chi connectivity index (χ0) is 25.7. The van der Waals surface area contributed by atoms with Gasteiger partial charge in [-0.2, -0.15) is 0 Å². The number of esters is 1. The molecule has 2 saturated heterocycles. The first-order valence-corrected chi connectivity index (χ1v) is 12.5. The van der Waals surface area contributed by atoms with Crippen LogP contribution in [0.15, 0.2) is 78.4 Å². The van der Waals surface area contributed by atoms with E-state index in [0.29, 0.717) is 24.3 Å². The third-order valence-corrected chi connectivity index (χ3v) is 7.65. The van der Waals surface area contributed by atoms with Gasteiger partial charge in [-0.3, -0.25) is 24.1 Å². The van der Waals surface area contributed by atoms with Crippen molar-refractivity contribution in [3.63, 3.8) is 0 Å². The lowest BCUT2D eigenvalue weighted by atomic mass is 9.82. The van der Waals surface area contributed by atoms with Crippen LogP contribution in [0, 0.1) is 17.8 Å². The topological polar surface area (TPSA) is 84.0 Å². The van der Waals surface area contributed by atoms with Gasteiger partial charge in [-0.25, -0.2) is 0 Å². The smallest absolute Gasteiger partial charge is 0.316 e. The van der Waals surface area contributed by atoms with E-state index in [2.05, 4.69) is 0 Å². The number of carbonyl (C=O) groups excluding carboxylic acids is 4. The number of hydrogen-bond donors (Lipinski definition) is 0. The number of ether oxygens (including phenoxy) is 1. The molecule has 186 valence electrons. The molecule has 0 saturated carbocycles. The van der Waals surface area contributed by atoms with Gasteiger partial charge in [-0.05, 0) is 55.5 Å². The molecule has 2 heterocycles. The second-order valence-electron chi connectivity index (χ2n) is 10.0. The predicted octanol–water partition coefficient (Wildman–Crippen LogP) is 4.64. The molecular weight excluding hydrogens is 468 g/mol. The van der Waals surface area contributed by atoms with E-state index >= 15 is 0 Å². The molecule has 3 atom stereocenters. The summed E-state index contributed by atoms with van der Waals surface area (Å²) in [5.41, 5.74) is 2.39. The number of nitrogens with zero attached hydrogens (tertiary/aromatic N) is 2. The van der Waals surface area contributed by atoms with E-state index in [-0.39, 0.29) is 42.5 Å². The van der Waals surface area contributed by atoms with Gasteiger partial charge in [-0.1, -0.05) is 48.0 Å². The standard InChI is InChI=1S/C30H26N2O5/c1-18-9-14-24-25(15-18)29(35)32(28(24)34)21-10-12-22(13-11-21)37-30(36)20-16-27(33)31(17-20)26-8-4-6-19-5-2-3-7-23(19)26/h2-13,20,24-25H,14-17H2,1H3/t20-,24+,25-/m1/s1. The summed E-state index contributed by atoms with van der Waals surface area (Å²) in [5.74, 6) is -1.86. The van der Waals surface area contributed by atoms with E-state index in [9.17, 15) is 19.2 Å². The van der Waals surface area contributed by atoms with Crippen LogP contribution in [0.5, 0.6) is 5.75 Å². The highest BCUT2D eigenvalue weighted by molar-refractivity contribution is 6.22. The van der Waals surface area contributed by atoms with Crippen molar-refractivity contribution in [2.24, 2.45) is 17.8 Å². The van der Waals surface area contributed by atoms with Crippen LogP contribution in [0.25, 0.3) is 10.8 Å². The van der Waals surface area contributed by atoms with Crippen LogP contribution in [0.3, 0.4) is 0 Å². The van der Waals surface area contributed by atoms with E-state index in [4.69, 9.17) is 4.74 Å². The maximum absolute atomic E-state index is 12.9. The molecule has 0 aromatic heterocycles. The van der Waals surface area contributed by atoms with Crippen LogP contribution in [-0.2, 0) is 19.2 Å². The molecule has 7 nitrogen and oxygen atoms in total. The molecule has 0 bridgehead atoms. The lowest BCUT2D eigenvalue weighted by Crippen LogP contribution is -2.30. The molecule has 1 aliphatic carbocycles. The number of hydrogen-bond acceptors (Lipinski definition) is 5. The number of allylic oxidation sites excluding steroid dienone is 2. The summed E-state index contributed by atoms with van der Waals surface area (Å²) in [6.07, 6.45) is 3.31. The normalized spacial score (nSPS) is 23.4. The quantitative estimate of drug-likeness (QED) is 0.228. The van der Waals surface area contributed by atoms with Crippen LogP contribution < -0.4 is 14.5 Å². The highest BCUT2D eigenvalue weighted by atomic mass is 16.5. The van der Waals surface area contributed by atoms with Crippen LogP contribution >= 0.6 is 0 Å². The van der Waals surface area contributed by atoms with E-state index < -0.39 is 11.9 Å². The summed E-state index contributed by atoms with van der Waals surface area (Å²) in [6.45, 7) is 2.23. The number of fused-ring (bicyclic) bond motifs is 2. The zero-order valence-electron chi connectivity index (χ0n) is 20.4. The first-order valence-electron chi connectivity index (χ1n) is 12.5. The summed E-state index contributed by atoms with van der Waals surface area (Å²) >= 11 is 0. The minimum Gasteiger partial charge on any atom is -0.426 e. The first-order chi connectivity index (χ1) is 17.9. The summed E-state index contributed by atoms with van der Waals surface area (Å²) in [5, 5.41) is 1.99. The van der Waals surface area contributed by atoms with Gasteiger partial charge in [0.2, 0.25) is 17.7 Å². The van der Waals surface area contributed by atoms with Crippen LogP contribution in [0.1, 0.15) is 26.2 Å². The Balaban J connectivity index is 1.14. The minimum atomic E-state index is -0.591. The molecule has 0 N–H and O–H groups in total. The maximum atomic E-state index is 12.9. The Labute approximate surface area is 214 Å². The molecule has 37 heavy (non-hydrogen) atoms. The molecule has 3 amide bonds. The molecule has 6 rings (SSSR count). The number of anilines is 2. The Morgan fingerprint density at radius 2 is 1.59 bits per heavy atom. The number of rotatable bonds is 4. The number of imide groups is 1. The number of carbonyl (C=O) groups is 4. The van der Waals surface area contributed by atoms with Crippen molar-refractivity contribution in [3.05, 3.63) is 78.4 Å². The maximum Gasteiger partial charge on any atom is 0.316 e. The summed E-state index contributed by atoms with van der Waals surface area (Å²) < 4.78 is 5.58. The largest absolute Gasteiger partial charge is 0.426 e. The fourth-order valence-electron chi connectivity index (χ4n) is 5.70. The van der Waals surface area contributed by atoms with E-state index in [1.165, 1.54) is 4.90 Å². The first kappa shape index (κ1) is 23.2. The van der Waals surface area contributed by atoms with Crippen molar-refractivity contribution in [3.8, 4) is 5.75 Å². The molecule has 2 fully saturated rings. The van der Waals surface area contributed by atoms with Crippen molar-refractivity contribution >= 4 is 45.8 Å². The molecule has 3 aromatic carbocycles. The SMILES string of the molecule is CC1=CC[C@@H]2C(=O)N(c3ccc(OC(=O)[C@@H]4CC(=O)N(c5cccc6ccccc56)C4)cc3)C(=O)[C@@H]2C1. The van der Waals surface area contributed by atoms with Gasteiger partial charge in [0.25, 0.3) is 0 Å². The zero-order valence-corrected chi connectivity index (χ0v) is 20.4. The lowest BCUT2D eigenvalue weighted by molar-refractivity contribution is -0.139. The molecule has 2 aliphatic heterocycles. The average Bonchev–Trinajstić information content (AvgIpc) is 3.41. The van der Waals surface area contributed by atoms with E-state index in [1.54, 1.807) is 29.2 Å². The van der Waals surface area contributed by atoms with Crippen LogP contribution in [-0.4, -0.2) is 30.2 Å². The van der Waals surface area contributed by atoms with Crippen molar-refractivity contribution in [2.45, 2.75) is 26.2 Å². The van der Waals surface area contributed by atoms with Crippen molar-refractivity contribution in [2.75, 3.05) is 16.3 Å². The second-order valence-corrected chi connectivity index (χ2v) is 10.0. The molecular formula is C30H26N2O5. The van der Waals surface area contributed by atoms with Gasteiger partial charge in [0.15, 0.2) is 0 Å². The Kier molecular flexibility index (Phi) is 5.63. The highest BCUT2D eigenvalue weighted by Crippen LogP contribution is 2.40. The minimum absolute atomic E-state index is 0.0765. The monoisotopic (exact) mass is 494 g/mol. The predicted molar refractivity (Wildman–Crippen MR) is 139 cm³/mol. The third-order valence-electron chi connectivity index (χ3n) is 7.65. The van der Waals surface area contributed by atoms with Crippen LogP contribution in [0.2, 0.25) is 0 Å². The fraction of sp³-hybridized carbons (Fsp3) is 0.267. The van der Waals surface area contributed by atoms with Crippen molar-refractivity contribution < 1.29 is 23.9 Å². The lowest BCUT2D eigenvalue weighted by Gasteiger charge is -2.19. The third kappa shape index (κ3) is 4.00. The average molecular weight is 495 g/mol. The Morgan fingerprint density at radius 1 is 0.865 bits per heavy atom. The molecule has 0 radical (unpaired) electrons. The molecule has 0 unspecified atom stereocenters. The van der Waals surface area contributed by atoms with Gasteiger partial charge in [-0.15, -0.1) is 0 Å². The van der Waals surface area contributed by atoms with E-state index in [1.807, 2.05) is 55.5 Å². The van der Waals surface area contributed by atoms with E-state index in [0.717, 1.165) is 22.0 Å². The summed E-state index contributed by atoms with van der Waals surface area (Å²) in [4.78, 5) is 54.5. The van der Waals surface area contributed by atoms with Gasteiger partial charge in [0, 0.05) is 18.4 Å². The van der Waals surface area contributed by atoms with Crippen molar-refractivity contribution in [1.82, 2.24) is 0 Å². The number of amides is 3. The van der Waals surface area contributed by atoms with Crippen LogP contribution in [0.4, 0.5) is 11.4 Å². The van der Waals surface area contributed by atoms with Gasteiger partial charge < -0.3 is 9.64 Å². The number of benzene rings is 3. The Bertz CT molecular complexity index is 1470. The van der Waals surface area contributed by atoms with Crippen molar-refractivity contribution in [1.29, 1.82) is 0 Å². The molecule has 7 heteroatoms. The fourth-order valence-corrected chi connectivity index (χ4v) is 5.70. The van der Waals surface area contributed by atoms with Gasteiger partial charge >= 0.3 is 5.97 Å². The highest BCUT2D eigenvalue weighted by Gasteiger charge is 2.48. The second kappa shape index (κ2) is 9.00. The van der Waals surface area contributed by atoms with Gasteiger partial charge in [0.05, 0.1) is 29.1 Å². The summed E-state index contributed by atoms with van der Waals surface area (Å²) in [7, 11) is 0. The van der Waals surface area contributed by atoms with Gasteiger partial charge in [0.1, 0.15) is 5.75 Å². The Morgan fingerprint density at radius 3 is 2.41 bits per heavy atom. The Hall–Kier alpha value is -4.26. The molecule has 3 aliphatic rings. The molecule has 3 aromatic rings.